The highest BCUT2D eigenvalue weighted by Gasteiger charge is 2.14. The van der Waals surface area contributed by atoms with Crippen molar-refractivity contribution in [3.8, 4) is 0 Å². The predicted molar refractivity (Wildman–Crippen MR) is 81.6 cm³/mol. The third kappa shape index (κ3) is 4.76. The third-order valence-corrected chi connectivity index (χ3v) is 3.97. The number of nitrogens with one attached hydrogen (secondary N) is 2. The van der Waals surface area contributed by atoms with Gasteiger partial charge in [0.25, 0.3) is 5.91 Å². The predicted octanol–water partition coefficient (Wildman–Crippen LogP) is 0.510. The summed E-state index contributed by atoms with van der Waals surface area (Å²) < 4.78 is 26.0. The van der Waals surface area contributed by atoms with Gasteiger partial charge in [-0.3, -0.25) is 9.78 Å². The summed E-state index contributed by atoms with van der Waals surface area (Å²) in [5.74, 6) is -0.577. The Morgan fingerprint density at radius 2 is 1.86 bits per heavy atom. The SMILES string of the molecule is O=C(CNS(=O)(=O)c1ccccc1)N/N=C\c1ccccn1. The smallest absolute Gasteiger partial charge is 0.255 e. The number of aromatic nitrogens is 1. The molecule has 0 unspecified atom stereocenters. The number of benzene rings is 1. The molecule has 8 heteroatoms. The molecule has 0 radical (unpaired) electrons. The van der Waals surface area contributed by atoms with Gasteiger partial charge in [0.15, 0.2) is 0 Å². The molecule has 0 aliphatic carbocycles. The number of pyridine rings is 1. The molecule has 1 aromatic carbocycles. The molecule has 1 heterocycles. The third-order valence-electron chi connectivity index (χ3n) is 2.55. The lowest BCUT2D eigenvalue weighted by Gasteiger charge is -2.05. The maximum Gasteiger partial charge on any atom is 0.255 e. The van der Waals surface area contributed by atoms with Crippen LogP contribution in [0.15, 0.2) is 64.7 Å². The molecule has 2 aromatic rings. The molecule has 0 atom stereocenters. The summed E-state index contributed by atoms with van der Waals surface area (Å²) in [7, 11) is -3.71. The molecule has 7 nitrogen and oxygen atoms in total. The summed E-state index contributed by atoms with van der Waals surface area (Å²) in [5.41, 5.74) is 2.80. The van der Waals surface area contributed by atoms with E-state index in [1.54, 1.807) is 42.6 Å². The first-order valence-corrected chi connectivity index (χ1v) is 7.84. The molecule has 0 aliphatic rings. The first-order chi connectivity index (χ1) is 10.6. The molecule has 0 aliphatic heterocycles. The molecule has 1 amide bonds. The van der Waals surface area contributed by atoms with Gasteiger partial charge in [-0.05, 0) is 24.3 Å². The van der Waals surface area contributed by atoms with Crippen molar-refractivity contribution < 1.29 is 13.2 Å². The van der Waals surface area contributed by atoms with Gasteiger partial charge in [0.05, 0.1) is 23.3 Å². The number of sulfonamides is 1. The van der Waals surface area contributed by atoms with Crippen LogP contribution in [0.5, 0.6) is 0 Å². The van der Waals surface area contributed by atoms with E-state index >= 15 is 0 Å². The molecule has 2 N–H and O–H groups in total. The number of hydrazone groups is 1. The van der Waals surface area contributed by atoms with Gasteiger partial charge in [-0.1, -0.05) is 24.3 Å². The zero-order valence-corrected chi connectivity index (χ0v) is 12.3. The van der Waals surface area contributed by atoms with Crippen molar-refractivity contribution in [2.75, 3.05) is 6.54 Å². The van der Waals surface area contributed by atoms with E-state index in [1.165, 1.54) is 18.3 Å². The molecule has 0 fully saturated rings. The Bertz CT molecular complexity index is 746. The Labute approximate surface area is 128 Å². The van der Waals surface area contributed by atoms with Crippen LogP contribution >= 0.6 is 0 Å². The summed E-state index contributed by atoms with van der Waals surface area (Å²) in [6, 6.07) is 13.1. The van der Waals surface area contributed by atoms with Gasteiger partial charge in [0, 0.05) is 6.20 Å². The van der Waals surface area contributed by atoms with Gasteiger partial charge in [-0.25, -0.2) is 18.6 Å². The first kappa shape index (κ1) is 15.8. The standard InChI is InChI=1S/C14H14N4O3S/c19-14(18-16-10-12-6-4-5-9-15-12)11-17-22(20,21)13-7-2-1-3-8-13/h1-10,17H,11H2,(H,18,19)/b16-10-. The fourth-order valence-electron chi connectivity index (χ4n) is 1.51. The second kappa shape index (κ2) is 7.43. The van der Waals surface area contributed by atoms with Crippen molar-refractivity contribution in [3.63, 3.8) is 0 Å². The van der Waals surface area contributed by atoms with E-state index < -0.39 is 22.5 Å². The van der Waals surface area contributed by atoms with Crippen LogP contribution in [0.4, 0.5) is 0 Å². The Hall–Kier alpha value is -2.58. The van der Waals surface area contributed by atoms with Crippen LogP contribution in [-0.2, 0) is 14.8 Å². The topological polar surface area (TPSA) is 101 Å². The Kier molecular flexibility index (Phi) is 5.34. The van der Waals surface area contributed by atoms with E-state index in [2.05, 4.69) is 20.2 Å². The highest BCUT2D eigenvalue weighted by Crippen LogP contribution is 2.06. The quantitative estimate of drug-likeness (QED) is 0.598. The molecule has 1 aromatic heterocycles. The van der Waals surface area contributed by atoms with E-state index in [9.17, 15) is 13.2 Å². The van der Waals surface area contributed by atoms with Crippen LogP contribution in [0.2, 0.25) is 0 Å². The van der Waals surface area contributed by atoms with Crippen LogP contribution in [0.25, 0.3) is 0 Å². The Balaban J connectivity index is 1.84. The molecule has 2 rings (SSSR count). The van der Waals surface area contributed by atoms with Crippen LogP contribution < -0.4 is 10.1 Å². The Morgan fingerprint density at radius 3 is 2.55 bits per heavy atom. The molecular weight excluding hydrogens is 304 g/mol. The van der Waals surface area contributed by atoms with Crippen LogP contribution in [0, 0.1) is 0 Å². The van der Waals surface area contributed by atoms with Crippen LogP contribution in [-0.4, -0.2) is 32.1 Å². The van der Waals surface area contributed by atoms with Crippen molar-refractivity contribution in [1.29, 1.82) is 0 Å². The first-order valence-electron chi connectivity index (χ1n) is 6.35. The van der Waals surface area contributed by atoms with Crippen molar-refractivity contribution in [1.82, 2.24) is 15.1 Å². The van der Waals surface area contributed by atoms with Crippen molar-refractivity contribution >= 4 is 22.1 Å². The maximum atomic E-state index is 11.9. The van der Waals surface area contributed by atoms with E-state index in [-0.39, 0.29) is 4.90 Å². The van der Waals surface area contributed by atoms with Crippen LogP contribution in [0.3, 0.4) is 0 Å². The molecule has 114 valence electrons. The monoisotopic (exact) mass is 318 g/mol. The van der Waals surface area contributed by atoms with E-state index in [4.69, 9.17) is 0 Å². The molecule has 0 spiro atoms. The molecule has 0 saturated carbocycles. The number of amides is 1. The van der Waals surface area contributed by atoms with Gasteiger partial charge < -0.3 is 0 Å². The molecule has 0 saturated heterocycles. The minimum Gasteiger partial charge on any atom is -0.272 e. The zero-order valence-electron chi connectivity index (χ0n) is 11.5. The molecule has 22 heavy (non-hydrogen) atoms. The maximum absolute atomic E-state index is 11.9. The number of carbonyl (C=O) groups is 1. The minimum atomic E-state index is -3.71. The van der Waals surface area contributed by atoms with Crippen molar-refractivity contribution in [2.24, 2.45) is 5.10 Å². The highest BCUT2D eigenvalue weighted by molar-refractivity contribution is 7.89. The highest BCUT2D eigenvalue weighted by atomic mass is 32.2. The van der Waals surface area contributed by atoms with Gasteiger partial charge >= 0.3 is 0 Å². The average molecular weight is 318 g/mol. The fourth-order valence-corrected chi connectivity index (χ4v) is 2.51. The van der Waals surface area contributed by atoms with E-state index in [0.29, 0.717) is 5.69 Å². The lowest BCUT2D eigenvalue weighted by Crippen LogP contribution is -2.34. The van der Waals surface area contributed by atoms with E-state index in [1.807, 2.05) is 0 Å². The lowest BCUT2D eigenvalue weighted by atomic mass is 10.4. The van der Waals surface area contributed by atoms with Crippen LogP contribution in [0.1, 0.15) is 5.69 Å². The minimum absolute atomic E-state index is 0.0970. The summed E-state index contributed by atoms with van der Waals surface area (Å²) >= 11 is 0. The fraction of sp³-hybridized carbons (Fsp3) is 0.0714. The summed E-state index contributed by atoms with van der Waals surface area (Å²) in [5, 5.41) is 3.69. The number of hydrogen-bond acceptors (Lipinski definition) is 5. The average Bonchev–Trinajstić information content (AvgIpc) is 2.55. The van der Waals surface area contributed by atoms with Gasteiger partial charge in [0.1, 0.15) is 0 Å². The molecule has 0 bridgehead atoms. The van der Waals surface area contributed by atoms with Gasteiger partial charge in [-0.15, -0.1) is 0 Å². The summed E-state index contributed by atoms with van der Waals surface area (Å²) in [6.45, 7) is -0.406. The lowest BCUT2D eigenvalue weighted by molar-refractivity contribution is -0.119. The Morgan fingerprint density at radius 1 is 1.14 bits per heavy atom. The summed E-state index contributed by atoms with van der Waals surface area (Å²) in [4.78, 5) is 15.6. The number of carbonyl (C=O) groups excluding carboxylic acids is 1. The van der Waals surface area contributed by atoms with E-state index in [0.717, 1.165) is 0 Å². The zero-order chi connectivity index (χ0) is 15.8. The normalized spacial score (nSPS) is 11.5. The second-order valence-corrected chi connectivity index (χ2v) is 5.95. The summed E-state index contributed by atoms with van der Waals surface area (Å²) in [6.07, 6.45) is 2.96. The van der Waals surface area contributed by atoms with Gasteiger partial charge in [0.2, 0.25) is 10.0 Å². The van der Waals surface area contributed by atoms with Gasteiger partial charge in [-0.2, -0.15) is 5.10 Å². The number of hydrogen-bond donors (Lipinski definition) is 2. The van der Waals surface area contributed by atoms with Crippen molar-refractivity contribution in [2.45, 2.75) is 4.90 Å². The van der Waals surface area contributed by atoms with Crippen molar-refractivity contribution in [3.05, 3.63) is 60.4 Å². The molecular formula is C14H14N4O3S. The number of nitrogens with zero attached hydrogens (tertiary/aromatic N) is 2. The number of rotatable bonds is 6. The second-order valence-electron chi connectivity index (χ2n) is 4.19. The largest absolute Gasteiger partial charge is 0.272 e.